The minimum absolute atomic E-state index is 0.770. The van der Waals surface area contributed by atoms with Crippen LogP contribution < -0.4 is 15.4 Å². The smallest absolute Gasteiger partial charge is 0.151 e. The zero-order valence-corrected chi connectivity index (χ0v) is 30.0. The summed E-state index contributed by atoms with van der Waals surface area (Å²) in [6.45, 7) is 0. The zero-order valence-electron chi connectivity index (χ0n) is 29.2. The third kappa shape index (κ3) is 4.63. The van der Waals surface area contributed by atoms with Gasteiger partial charge in [0.05, 0.1) is 50.3 Å². The fraction of sp³-hybridized carbons (Fsp3) is 0. The molecule has 2 aliphatic rings. The normalized spacial score (nSPS) is 12.7. The van der Waals surface area contributed by atoms with Crippen LogP contribution in [0.25, 0.3) is 77.3 Å². The number of aromatic nitrogens is 3. The second-order valence-corrected chi connectivity index (χ2v) is 15.0. The lowest BCUT2D eigenvalue weighted by Gasteiger charge is -2.30. The number of hydrogen-bond acceptors (Lipinski definition) is 6. The van der Waals surface area contributed by atoms with Gasteiger partial charge < -0.3 is 20.4 Å². The quantitative estimate of drug-likeness (QED) is 0.158. The summed E-state index contributed by atoms with van der Waals surface area (Å²) in [4.78, 5) is 16.6. The predicted octanol–water partition coefficient (Wildman–Crippen LogP) is 13.5. The van der Waals surface area contributed by atoms with E-state index < -0.39 is 0 Å². The highest BCUT2D eigenvalue weighted by molar-refractivity contribution is 7.99. The summed E-state index contributed by atoms with van der Waals surface area (Å²) >= 11 is 1.79. The van der Waals surface area contributed by atoms with Crippen molar-refractivity contribution in [1.82, 2.24) is 15.0 Å². The molecule has 4 heterocycles. The van der Waals surface area contributed by atoms with Gasteiger partial charge in [-0.1, -0.05) is 109 Å². The first-order chi connectivity index (χ1) is 27.2. The van der Waals surface area contributed by atoms with E-state index in [9.17, 15) is 0 Å². The van der Waals surface area contributed by atoms with Crippen LogP contribution in [-0.2, 0) is 0 Å². The summed E-state index contributed by atoms with van der Waals surface area (Å²) in [5.41, 5.74) is 15.9. The molecule has 2 aromatic heterocycles. The van der Waals surface area contributed by atoms with Gasteiger partial charge in [-0.2, -0.15) is 0 Å². The second-order valence-electron chi connectivity index (χ2n) is 14.0. The average Bonchev–Trinajstić information content (AvgIpc) is 3.62. The summed E-state index contributed by atoms with van der Waals surface area (Å²) in [6.07, 6.45) is 0. The maximum Gasteiger partial charge on any atom is 0.151 e. The topological polar surface area (TPSA) is 74.9 Å². The summed E-state index contributed by atoms with van der Waals surface area (Å²) in [6, 6.07) is 55.0. The van der Waals surface area contributed by atoms with Crippen molar-refractivity contribution in [3.63, 3.8) is 0 Å². The molecule has 0 saturated carbocycles. The number of nitrogens with zero attached hydrogens (tertiary/aromatic N) is 2. The minimum Gasteiger partial charge on any atom is -0.453 e. The molecule has 0 fully saturated rings. The van der Waals surface area contributed by atoms with E-state index in [1.165, 1.54) is 15.7 Å². The molecule has 0 amide bonds. The largest absolute Gasteiger partial charge is 0.453 e. The summed E-state index contributed by atoms with van der Waals surface area (Å²) in [5.74, 6) is 1.57. The molecule has 2 aliphatic heterocycles. The molecule has 0 radical (unpaired) electrons. The van der Waals surface area contributed by atoms with Crippen molar-refractivity contribution < 1.29 is 4.74 Å². The average molecular weight is 724 g/mol. The maximum atomic E-state index is 6.59. The Morgan fingerprint density at radius 1 is 0.455 bits per heavy atom. The Morgan fingerprint density at radius 2 is 1.13 bits per heavy atom. The number of anilines is 4. The minimum atomic E-state index is 0.770. The van der Waals surface area contributed by atoms with Gasteiger partial charge in [-0.05, 0) is 66.2 Å². The molecule has 55 heavy (non-hydrogen) atoms. The first kappa shape index (κ1) is 30.4. The van der Waals surface area contributed by atoms with E-state index >= 15 is 0 Å². The van der Waals surface area contributed by atoms with E-state index in [1.807, 2.05) is 48.5 Å². The Kier molecular flexibility index (Phi) is 6.47. The number of hydrogen-bond donors (Lipinski definition) is 3. The van der Waals surface area contributed by atoms with Gasteiger partial charge in [-0.3, -0.25) is 0 Å². The van der Waals surface area contributed by atoms with E-state index in [0.717, 1.165) is 106 Å². The lowest BCUT2D eigenvalue weighted by atomic mass is 9.84. The maximum absolute atomic E-state index is 6.59. The van der Waals surface area contributed by atoms with Gasteiger partial charge in [0.15, 0.2) is 11.5 Å². The van der Waals surface area contributed by atoms with Crippen molar-refractivity contribution in [2.45, 2.75) is 9.79 Å². The summed E-state index contributed by atoms with van der Waals surface area (Å²) < 4.78 is 6.59. The number of nitrogens with one attached hydrogen (secondary N) is 3. The Balaban J connectivity index is 1.25. The van der Waals surface area contributed by atoms with Crippen molar-refractivity contribution in [2.24, 2.45) is 0 Å². The van der Waals surface area contributed by atoms with E-state index in [4.69, 9.17) is 14.7 Å². The van der Waals surface area contributed by atoms with Crippen LogP contribution >= 0.6 is 11.8 Å². The molecule has 8 aromatic carbocycles. The van der Waals surface area contributed by atoms with Crippen LogP contribution in [0.2, 0.25) is 0 Å². The van der Waals surface area contributed by atoms with Crippen molar-refractivity contribution in [3.05, 3.63) is 158 Å². The third-order valence-corrected chi connectivity index (χ3v) is 11.9. The molecular weight excluding hydrogens is 695 g/mol. The van der Waals surface area contributed by atoms with Gasteiger partial charge in [0.25, 0.3) is 0 Å². The highest BCUT2D eigenvalue weighted by Gasteiger charge is 2.31. The molecule has 0 unspecified atom stereocenters. The molecule has 0 aliphatic carbocycles. The molecule has 12 rings (SSSR count). The van der Waals surface area contributed by atoms with E-state index in [0.29, 0.717) is 0 Å². The van der Waals surface area contributed by atoms with Crippen LogP contribution in [0.15, 0.2) is 168 Å². The first-order valence-electron chi connectivity index (χ1n) is 18.3. The van der Waals surface area contributed by atoms with Gasteiger partial charge in [-0.15, -0.1) is 0 Å². The van der Waals surface area contributed by atoms with Gasteiger partial charge >= 0.3 is 0 Å². The third-order valence-electron chi connectivity index (χ3n) is 10.8. The van der Waals surface area contributed by atoms with Crippen molar-refractivity contribution in [1.29, 1.82) is 0 Å². The lowest BCUT2D eigenvalue weighted by molar-refractivity contribution is 0.481. The zero-order chi connectivity index (χ0) is 36.0. The molecule has 0 bridgehead atoms. The van der Waals surface area contributed by atoms with E-state index in [1.54, 1.807) is 11.8 Å². The molecule has 10 aromatic rings. The van der Waals surface area contributed by atoms with Crippen LogP contribution in [0.3, 0.4) is 0 Å². The molecule has 7 heteroatoms. The van der Waals surface area contributed by atoms with E-state index in [2.05, 4.69) is 125 Å². The second kappa shape index (κ2) is 11.7. The summed E-state index contributed by atoms with van der Waals surface area (Å²) in [5, 5.41) is 10.1. The fourth-order valence-electron chi connectivity index (χ4n) is 8.34. The van der Waals surface area contributed by atoms with Gasteiger partial charge in [-0.25, -0.2) is 9.97 Å². The monoisotopic (exact) mass is 723 g/mol. The number of H-pyrrole nitrogens is 1. The highest BCUT2D eigenvalue weighted by atomic mass is 32.2. The van der Waals surface area contributed by atoms with Crippen LogP contribution in [0.4, 0.5) is 22.7 Å². The van der Waals surface area contributed by atoms with Crippen LogP contribution in [0.5, 0.6) is 11.5 Å². The molecular formula is C48H29N5OS. The lowest BCUT2D eigenvalue weighted by Crippen LogP contribution is -2.08. The number of para-hydroxylation sites is 9. The highest BCUT2D eigenvalue weighted by Crippen LogP contribution is 2.58. The van der Waals surface area contributed by atoms with Gasteiger partial charge in [0.2, 0.25) is 0 Å². The molecule has 258 valence electrons. The number of fused-ring (bicyclic) bond motifs is 9. The number of ether oxygens (including phenoxy) is 1. The Bertz CT molecular complexity index is 3240. The molecule has 0 atom stereocenters. The van der Waals surface area contributed by atoms with Crippen LogP contribution in [0.1, 0.15) is 0 Å². The molecule has 0 saturated heterocycles. The molecule has 3 N–H and O–H groups in total. The Labute approximate surface area is 319 Å². The van der Waals surface area contributed by atoms with Gasteiger partial charge in [0, 0.05) is 53.9 Å². The van der Waals surface area contributed by atoms with E-state index in [-0.39, 0.29) is 0 Å². The summed E-state index contributed by atoms with van der Waals surface area (Å²) in [7, 11) is 0. The van der Waals surface area contributed by atoms with Crippen LogP contribution in [-0.4, -0.2) is 15.0 Å². The van der Waals surface area contributed by atoms with Crippen LogP contribution in [0, 0.1) is 0 Å². The van der Waals surface area contributed by atoms with Crippen molar-refractivity contribution >= 4 is 78.4 Å². The van der Waals surface area contributed by atoms with Gasteiger partial charge in [0.1, 0.15) is 0 Å². The number of aromatic amines is 1. The van der Waals surface area contributed by atoms with Crippen molar-refractivity contribution in [3.8, 4) is 44.9 Å². The van der Waals surface area contributed by atoms with Crippen molar-refractivity contribution in [2.75, 3.05) is 10.6 Å². The standard InChI is InChI=1S/C48H29N5OS/c1-2-17-33-27(12-1)28-13-9-14-29(45(28)50-33)32-26-42-48(53-37-21-6-8-25-41(37)55-42)44(31-16-11-24-40-47(31)52-36-20-5-7-23-39(36)54-40)43(32)30-15-10-22-38-46(30)51-35-19-4-3-18-34(35)49-38/h1-26,50,52-53H. The molecule has 6 nitrogen and oxygen atoms in total. The SMILES string of the molecule is c1ccc2c(c1)Nc1c(cccc1-c1c3c(cc(-c4cccc5c4[nH]c4ccccc45)c1-c1cccc4nc5ccccc5nc14)Sc1ccccc1N3)O2. The predicted molar refractivity (Wildman–Crippen MR) is 226 cm³/mol. The Hall–Kier alpha value is -7.09. The number of rotatable bonds is 3. The Morgan fingerprint density at radius 3 is 2.07 bits per heavy atom. The molecule has 0 spiro atoms. The first-order valence-corrected chi connectivity index (χ1v) is 19.1. The fourth-order valence-corrected chi connectivity index (χ4v) is 9.39. The number of benzene rings is 8.